The summed E-state index contributed by atoms with van der Waals surface area (Å²) in [4.78, 5) is 16.4. The lowest BCUT2D eigenvalue weighted by atomic mass is 9.89. The second-order valence-electron chi connectivity index (χ2n) is 7.52. The molecule has 0 aliphatic heterocycles. The quantitative estimate of drug-likeness (QED) is 0.633. The predicted molar refractivity (Wildman–Crippen MR) is 90.6 cm³/mol. The Labute approximate surface area is 143 Å². The van der Waals surface area contributed by atoms with Gasteiger partial charge in [-0.3, -0.25) is 0 Å². The van der Waals surface area contributed by atoms with Gasteiger partial charge in [0.2, 0.25) is 5.89 Å². The molecule has 1 saturated carbocycles. The largest absolute Gasteiger partial charge is 0.396 e. The van der Waals surface area contributed by atoms with Crippen LogP contribution in [0.3, 0.4) is 0 Å². The number of nitrogens with zero attached hydrogens (tertiary/aromatic N) is 2. The maximum atomic E-state index is 11.9. The number of aliphatic hydroxyl groups excluding tert-OH is 1. The average molecular weight is 338 g/mol. The molecular formula is C17H30N4O3. The van der Waals surface area contributed by atoms with Crippen molar-refractivity contribution >= 4 is 6.03 Å². The summed E-state index contributed by atoms with van der Waals surface area (Å²) in [6, 6.07) is -0.563. The highest BCUT2D eigenvalue weighted by molar-refractivity contribution is 5.74. The minimum Gasteiger partial charge on any atom is -0.396 e. The second kappa shape index (κ2) is 8.46. The van der Waals surface area contributed by atoms with Gasteiger partial charge in [0.15, 0.2) is 5.82 Å². The van der Waals surface area contributed by atoms with E-state index in [1.54, 1.807) is 0 Å². The lowest BCUT2D eigenvalue weighted by molar-refractivity contribution is 0.148. The molecule has 0 spiro atoms. The van der Waals surface area contributed by atoms with Gasteiger partial charge in [-0.05, 0) is 38.0 Å². The molecule has 1 aromatic rings. The molecule has 1 aliphatic carbocycles. The predicted octanol–water partition coefficient (Wildman–Crippen LogP) is 2.89. The van der Waals surface area contributed by atoms with E-state index >= 15 is 0 Å². The molecule has 0 aromatic carbocycles. The van der Waals surface area contributed by atoms with Gasteiger partial charge in [0.05, 0.1) is 0 Å². The molecule has 1 unspecified atom stereocenters. The zero-order valence-electron chi connectivity index (χ0n) is 15.0. The lowest BCUT2D eigenvalue weighted by Gasteiger charge is -2.21. The van der Waals surface area contributed by atoms with Gasteiger partial charge in [-0.1, -0.05) is 31.8 Å². The van der Waals surface area contributed by atoms with Crippen molar-refractivity contribution in [2.24, 2.45) is 5.41 Å². The van der Waals surface area contributed by atoms with Crippen LogP contribution in [0, 0.1) is 5.41 Å². The first-order valence-electron chi connectivity index (χ1n) is 8.90. The minimum absolute atomic E-state index is 0.105. The van der Waals surface area contributed by atoms with Crippen LogP contribution in [-0.2, 0) is 0 Å². The van der Waals surface area contributed by atoms with Crippen molar-refractivity contribution in [2.45, 2.75) is 71.3 Å². The van der Waals surface area contributed by atoms with Crippen molar-refractivity contribution < 1.29 is 14.4 Å². The van der Waals surface area contributed by atoms with E-state index in [1.807, 2.05) is 20.8 Å². The summed E-state index contributed by atoms with van der Waals surface area (Å²) in [5.41, 5.74) is -0.105. The van der Waals surface area contributed by atoms with Crippen LogP contribution < -0.4 is 10.6 Å². The summed E-state index contributed by atoms with van der Waals surface area (Å²) in [7, 11) is 0. The van der Waals surface area contributed by atoms with Crippen LogP contribution in [0.2, 0.25) is 0 Å². The fourth-order valence-electron chi connectivity index (χ4n) is 2.93. The smallest absolute Gasteiger partial charge is 0.315 e. The molecule has 1 fully saturated rings. The fourth-order valence-corrected chi connectivity index (χ4v) is 2.93. The summed E-state index contributed by atoms with van der Waals surface area (Å²) < 4.78 is 5.29. The zero-order chi connectivity index (χ0) is 17.6. The summed E-state index contributed by atoms with van der Waals surface area (Å²) >= 11 is 0. The van der Waals surface area contributed by atoms with E-state index in [-0.39, 0.29) is 24.1 Å². The van der Waals surface area contributed by atoms with Gasteiger partial charge in [-0.15, -0.1) is 0 Å². The molecule has 0 saturated heterocycles. The number of carbonyl (C=O) groups is 1. The number of hydrogen-bond donors (Lipinski definition) is 3. The molecule has 1 heterocycles. The third-order valence-electron chi connectivity index (χ3n) is 4.64. The first-order valence-corrected chi connectivity index (χ1v) is 8.90. The minimum atomic E-state index is -0.318. The normalized spacial score (nSPS) is 17.0. The first-order chi connectivity index (χ1) is 11.4. The van der Waals surface area contributed by atoms with Gasteiger partial charge >= 0.3 is 6.03 Å². The number of aliphatic hydroxyl groups is 1. The monoisotopic (exact) mass is 338 g/mol. The van der Waals surface area contributed by atoms with E-state index in [0.29, 0.717) is 18.4 Å². The maximum Gasteiger partial charge on any atom is 0.315 e. The third-order valence-corrected chi connectivity index (χ3v) is 4.64. The van der Waals surface area contributed by atoms with Crippen LogP contribution in [0.5, 0.6) is 0 Å². The Hall–Kier alpha value is -1.63. The van der Waals surface area contributed by atoms with Crippen molar-refractivity contribution in [3.05, 3.63) is 11.7 Å². The Kier molecular flexibility index (Phi) is 6.60. The molecule has 2 rings (SSSR count). The van der Waals surface area contributed by atoms with Crippen molar-refractivity contribution in [3.63, 3.8) is 0 Å². The summed E-state index contributed by atoms with van der Waals surface area (Å²) in [5.74, 6) is 1.62. The number of carbonyl (C=O) groups excluding carboxylic acids is 1. The molecule has 7 nitrogen and oxygen atoms in total. The number of urea groups is 1. The van der Waals surface area contributed by atoms with E-state index in [9.17, 15) is 9.90 Å². The lowest BCUT2D eigenvalue weighted by Crippen LogP contribution is -2.38. The van der Waals surface area contributed by atoms with E-state index in [1.165, 1.54) is 12.8 Å². The molecule has 3 N–H and O–H groups in total. The number of rotatable bonds is 8. The van der Waals surface area contributed by atoms with Crippen molar-refractivity contribution in [1.82, 2.24) is 20.8 Å². The topological polar surface area (TPSA) is 100 Å². The molecule has 0 bridgehead atoms. The molecule has 1 atom stereocenters. The Morgan fingerprint density at radius 3 is 2.79 bits per heavy atom. The highest BCUT2D eigenvalue weighted by Crippen LogP contribution is 2.32. The van der Waals surface area contributed by atoms with Gasteiger partial charge in [0, 0.05) is 19.1 Å². The number of amides is 2. The van der Waals surface area contributed by atoms with Crippen molar-refractivity contribution in [1.29, 1.82) is 0 Å². The van der Waals surface area contributed by atoms with Gasteiger partial charge in [0.1, 0.15) is 6.04 Å². The summed E-state index contributed by atoms with van der Waals surface area (Å²) in [6.07, 6.45) is 6.35. The Balaban J connectivity index is 1.71. The highest BCUT2D eigenvalue weighted by Gasteiger charge is 2.24. The van der Waals surface area contributed by atoms with E-state index < -0.39 is 0 Å². The fraction of sp³-hybridized carbons (Fsp3) is 0.824. The van der Waals surface area contributed by atoms with Crippen molar-refractivity contribution in [3.8, 4) is 0 Å². The van der Waals surface area contributed by atoms with E-state index in [2.05, 4.69) is 20.8 Å². The van der Waals surface area contributed by atoms with E-state index in [0.717, 1.165) is 31.5 Å². The van der Waals surface area contributed by atoms with Gasteiger partial charge in [0.25, 0.3) is 0 Å². The molecule has 7 heteroatoms. The zero-order valence-corrected chi connectivity index (χ0v) is 15.0. The van der Waals surface area contributed by atoms with Gasteiger partial charge < -0.3 is 20.3 Å². The molecule has 24 heavy (non-hydrogen) atoms. The number of nitrogens with one attached hydrogen (secondary N) is 2. The van der Waals surface area contributed by atoms with Crippen LogP contribution >= 0.6 is 0 Å². The summed E-state index contributed by atoms with van der Waals surface area (Å²) in [5, 5.41) is 18.9. The molecule has 2 amide bonds. The van der Waals surface area contributed by atoms with Crippen LogP contribution in [0.25, 0.3) is 0 Å². The second-order valence-corrected chi connectivity index (χ2v) is 7.52. The molecular weight excluding hydrogens is 308 g/mol. The summed E-state index contributed by atoms with van der Waals surface area (Å²) in [6.45, 7) is 6.57. The van der Waals surface area contributed by atoms with Crippen LogP contribution in [0.4, 0.5) is 4.79 Å². The van der Waals surface area contributed by atoms with Crippen LogP contribution in [0.15, 0.2) is 4.52 Å². The third kappa shape index (κ3) is 5.47. The SMILES string of the molecule is CC(NC(=O)NCCCC(C)(C)CO)c1nc(C2CCCC2)no1. The van der Waals surface area contributed by atoms with Crippen LogP contribution in [-0.4, -0.2) is 34.4 Å². The highest BCUT2D eigenvalue weighted by atomic mass is 16.5. The molecule has 1 aromatic heterocycles. The Morgan fingerprint density at radius 2 is 2.12 bits per heavy atom. The van der Waals surface area contributed by atoms with Crippen molar-refractivity contribution in [2.75, 3.05) is 13.2 Å². The van der Waals surface area contributed by atoms with Gasteiger partial charge in [-0.2, -0.15) is 4.98 Å². The molecule has 0 radical (unpaired) electrons. The first kappa shape index (κ1) is 18.7. The number of aromatic nitrogens is 2. The maximum absolute atomic E-state index is 11.9. The number of hydrogen-bond acceptors (Lipinski definition) is 5. The van der Waals surface area contributed by atoms with Crippen LogP contribution in [0.1, 0.15) is 83.0 Å². The molecule has 1 aliphatic rings. The Morgan fingerprint density at radius 1 is 1.42 bits per heavy atom. The standard InChI is InChI=1S/C17H30N4O3/c1-12(15-20-14(21-24-15)13-7-4-5-8-13)19-16(23)18-10-6-9-17(2,3)11-22/h12-13,22H,4-11H2,1-3H3,(H2,18,19,23). The van der Waals surface area contributed by atoms with E-state index in [4.69, 9.17) is 4.52 Å². The Bertz CT molecular complexity index is 524. The average Bonchev–Trinajstić information content (AvgIpc) is 3.22. The molecule has 136 valence electrons. The van der Waals surface area contributed by atoms with Gasteiger partial charge in [-0.25, -0.2) is 4.79 Å².